The molecule has 0 aliphatic rings. The summed E-state index contributed by atoms with van der Waals surface area (Å²) >= 11 is 12.4. The Morgan fingerprint density at radius 3 is 2.48 bits per heavy atom. The van der Waals surface area contributed by atoms with Crippen molar-refractivity contribution in [2.45, 2.75) is 27.2 Å². The zero-order valence-electron chi connectivity index (χ0n) is 12.3. The molecule has 0 saturated carbocycles. The maximum absolute atomic E-state index is 6.25. The Morgan fingerprint density at radius 1 is 1.05 bits per heavy atom. The number of aromatic nitrogens is 2. The number of hydrogen-bond acceptors (Lipinski definition) is 4. The lowest BCUT2D eigenvalue weighted by Gasteiger charge is -2.14. The van der Waals surface area contributed by atoms with Crippen molar-refractivity contribution < 1.29 is 0 Å². The molecule has 0 aliphatic carbocycles. The molecule has 0 saturated heterocycles. The summed E-state index contributed by atoms with van der Waals surface area (Å²) < 4.78 is 0. The van der Waals surface area contributed by atoms with E-state index in [1.165, 1.54) is 6.33 Å². The quantitative estimate of drug-likeness (QED) is 0.815. The average molecular weight is 325 g/mol. The molecule has 1 aromatic heterocycles. The number of aryl methyl sites for hydroxylation is 1. The molecular weight excluding hydrogens is 307 g/mol. The lowest BCUT2D eigenvalue weighted by atomic mass is 10.2. The van der Waals surface area contributed by atoms with Crippen molar-refractivity contribution in [3.63, 3.8) is 0 Å². The van der Waals surface area contributed by atoms with E-state index in [1.54, 1.807) is 6.07 Å². The first-order chi connectivity index (χ1) is 10.0. The van der Waals surface area contributed by atoms with Crippen LogP contribution in [0.25, 0.3) is 0 Å². The summed E-state index contributed by atoms with van der Waals surface area (Å²) in [5.74, 6) is 1.54. The van der Waals surface area contributed by atoms with Crippen LogP contribution < -0.4 is 10.6 Å². The fourth-order valence-electron chi connectivity index (χ4n) is 1.87. The second-order valence-electron chi connectivity index (χ2n) is 4.83. The molecule has 0 unspecified atom stereocenters. The van der Waals surface area contributed by atoms with Crippen LogP contribution in [-0.2, 0) is 0 Å². The van der Waals surface area contributed by atoms with Crippen LogP contribution in [0.2, 0.25) is 10.0 Å². The molecular formula is C15H18Cl2N4. The highest BCUT2D eigenvalue weighted by molar-refractivity contribution is 6.35. The van der Waals surface area contributed by atoms with Gasteiger partial charge in [0.05, 0.1) is 10.7 Å². The van der Waals surface area contributed by atoms with E-state index in [0.717, 1.165) is 35.6 Å². The summed E-state index contributed by atoms with van der Waals surface area (Å²) in [7, 11) is 0. The van der Waals surface area contributed by atoms with E-state index in [4.69, 9.17) is 23.2 Å². The number of halogens is 2. The molecule has 0 fully saturated rings. The third-order valence-electron chi connectivity index (χ3n) is 3.13. The third-order valence-corrected chi connectivity index (χ3v) is 3.85. The molecule has 1 aromatic carbocycles. The van der Waals surface area contributed by atoms with Crippen LogP contribution in [0.5, 0.6) is 0 Å². The minimum absolute atomic E-state index is 0.609. The monoisotopic (exact) mass is 324 g/mol. The fraction of sp³-hybridized carbons (Fsp3) is 0.333. The lowest BCUT2D eigenvalue weighted by molar-refractivity contribution is 0.960. The predicted octanol–water partition coefficient (Wildman–Crippen LogP) is 4.97. The minimum Gasteiger partial charge on any atom is -0.370 e. The van der Waals surface area contributed by atoms with E-state index in [-0.39, 0.29) is 0 Å². The van der Waals surface area contributed by atoms with Gasteiger partial charge < -0.3 is 10.6 Å². The molecule has 4 nitrogen and oxygen atoms in total. The van der Waals surface area contributed by atoms with Gasteiger partial charge in [-0.2, -0.15) is 0 Å². The maximum atomic E-state index is 6.25. The highest BCUT2D eigenvalue weighted by Crippen LogP contribution is 2.32. The molecule has 0 aliphatic heterocycles. The highest BCUT2D eigenvalue weighted by Gasteiger charge is 2.10. The van der Waals surface area contributed by atoms with Crippen molar-refractivity contribution in [3.8, 4) is 0 Å². The van der Waals surface area contributed by atoms with Gasteiger partial charge in [-0.25, -0.2) is 9.97 Å². The smallest absolute Gasteiger partial charge is 0.138 e. The average Bonchev–Trinajstić information content (AvgIpc) is 2.45. The number of nitrogens with zero attached hydrogens (tertiary/aromatic N) is 2. The van der Waals surface area contributed by atoms with E-state index in [9.17, 15) is 0 Å². The van der Waals surface area contributed by atoms with Gasteiger partial charge in [-0.15, -0.1) is 0 Å². The van der Waals surface area contributed by atoms with Crippen LogP contribution in [0, 0.1) is 13.8 Å². The van der Waals surface area contributed by atoms with Crippen LogP contribution >= 0.6 is 23.2 Å². The van der Waals surface area contributed by atoms with E-state index in [0.29, 0.717) is 15.9 Å². The highest BCUT2D eigenvalue weighted by atomic mass is 35.5. The molecule has 6 heteroatoms. The third kappa shape index (κ3) is 3.77. The number of nitrogens with one attached hydrogen (secondary N) is 2. The maximum Gasteiger partial charge on any atom is 0.138 e. The first kappa shape index (κ1) is 15.9. The Bertz CT molecular complexity index is 644. The summed E-state index contributed by atoms with van der Waals surface area (Å²) in [6.45, 7) is 6.86. The second-order valence-corrected chi connectivity index (χ2v) is 5.64. The van der Waals surface area contributed by atoms with Gasteiger partial charge >= 0.3 is 0 Å². The molecule has 2 N–H and O–H groups in total. The molecule has 0 amide bonds. The van der Waals surface area contributed by atoms with E-state index < -0.39 is 0 Å². The Kier molecular flexibility index (Phi) is 5.26. The van der Waals surface area contributed by atoms with Crippen LogP contribution in [0.3, 0.4) is 0 Å². The molecule has 2 aromatic rings. The molecule has 112 valence electrons. The summed E-state index contributed by atoms with van der Waals surface area (Å²) in [6, 6.07) is 3.64. The molecule has 0 radical (unpaired) electrons. The zero-order chi connectivity index (χ0) is 15.4. The van der Waals surface area contributed by atoms with Crippen LogP contribution in [0.4, 0.5) is 17.3 Å². The zero-order valence-corrected chi connectivity index (χ0v) is 13.8. The van der Waals surface area contributed by atoms with Gasteiger partial charge in [0.2, 0.25) is 0 Å². The summed E-state index contributed by atoms with van der Waals surface area (Å²) in [5.41, 5.74) is 2.62. The van der Waals surface area contributed by atoms with Gasteiger partial charge in [-0.05, 0) is 38.0 Å². The summed E-state index contributed by atoms with van der Waals surface area (Å²) in [6.07, 6.45) is 2.56. The van der Waals surface area contributed by atoms with E-state index in [1.807, 2.05) is 19.9 Å². The molecule has 21 heavy (non-hydrogen) atoms. The Labute approximate surface area is 134 Å². The minimum atomic E-state index is 0.609. The standard InChI is InChI=1S/C15H18Cl2N4/c1-4-5-18-14-10(3)15(20-8-19-14)21-13-7-11(16)9(2)6-12(13)17/h6-8H,4-5H2,1-3H3,(H2,18,19,20,21). The molecule has 1 heterocycles. The van der Waals surface area contributed by atoms with Crippen molar-refractivity contribution >= 4 is 40.5 Å². The van der Waals surface area contributed by atoms with Crippen molar-refractivity contribution in [3.05, 3.63) is 39.6 Å². The van der Waals surface area contributed by atoms with Crippen LogP contribution in [0.1, 0.15) is 24.5 Å². The van der Waals surface area contributed by atoms with Crippen molar-refractivity contribution in [2.24, 2.45) is 0 Å². The van der Waals surface area contributed by atoms with Crippen molar-refractivity contribution in [1.82, 2.24) is 9.97 Å². The Morgan fingerprint density at radius 2 is 1.76 bits per heavy atom. The SMILES string of the molecule is CCCNc1ncnc(Nc2cc(Cl)c(C)cc2Cl)c1C. The van der Waals surface area contributed by atoms with Gasteiger partial charge in [0.25, 0.3) is 0 Å². The number of benzene rings is 1. The molecule has 0 spiro atoms. The second kappa shape index (κ2) is 6.96. The number of hydrogen-bond donors (Lipinski definition) is 2. The fourth-order valence-corrected chi connectivity index (χ4v) is 2.30. The topological polar surface area (TPSA) is 49.8 Å². The van der Waals surface area contributed by atoms with Crippen molar-refractivity contribution in [1.29, 1.82) is 0 Å². The van der Waals surface area contributed by atoms with Crippen molar-refractivity contribution in [2.75, 3.05) is 17.2 Å². The van der Waals surface area contributed by atoms with Gasteiger partial charge in [-0.3, -0.25) is 0 Å². The molecule has 0 bridgehead atoms. The van der Waals surface area contributed by atoms with E-state index in [2.05, 4.69) is 27.5 Å². The first-order valence-corrected chi connectivity index (χ1v) is 7.56. The first-order valence-electron chi connectivity index (χ1n) is 6.81. The normalized spacial score (nSPS) is 10.5. The number of anilines is 3. The summed E-state index contributed by atoms with van der Waals surface area (Å²) in [4.78, 5) is 8.52. The Balaban J connectivity index is 2.29. The molecule has 0 atom stereocenters. The lowest BCUT2D eigenvalue weighted by Crippen LogP contribution is -2.07. The van der Waals surface area contributed by atoms with Crippen LogP contribution in [-0.4, -0.2) is 16.5 Å². The predicted molar refractivity (Wildman–Crippen MR) is 90.0 cm³/mol. The van der Waals surface area contributed by atoms with Gasteiger partial charge in [0.15, 0.2) is 0 Å². The van der Waals surface area contributed by atoms with Gasteiger partial charge in [0.1, 0.15) is 18.0 Å². The largest absolute Gasteiger partial charge is 0.370 e. The van der Waals surface area contributed by atoms with Gasteiger partial charge in [0, 0.05) is 17.1 Å². The summed E-state index contributed by atoms with van der Waals surface area (Å²) in [5, 5.41) is 7.77. The Hall–Kier alpha value is -1.52. The van der Waals surface area contributed by atoms with E-state index >= 15 is 0 Å². The number of rotatable bonds is 5. The molecule has 2 rings (SSSR count). The van der Waals surface area contributed by atoms with Crippen LogP contribution in [0.15, 0.2) is 18.5 Å². The van der Waals surface area contributed by atoms with Gasteiger partial charge in [-0.1, -0.05) is 30.1 Å².